The van der Waals surface area contributed by atoms with E-state index in [4.69, 9.17) is 14.1 Å². The molecular formula is C34H34F2N4O4S2. The molecule has 0 aliphatic carbocycles. The quantitative estimate of drug-likeness (QED) is 0.168. The van der Waals surface area contributed by atoms with E-state index < -0.39 is 21.5 Å². The number of fused-ring (bicyclic) bond motifs is 2. The Kier molecular flexibility index (Phi) is 8.23. The molecule has 0 spiro atoms. The summed E-state index contributed by atoms with van der Waals surface area (Å²) in [5.41, 5.74) is 3.72. The van der Waals surface area contributed by atoms with E-state index in [0.29, 0.717) is 46.3 Å². The molecule has 7 rings (SSSR count). The van der Waals surface area contributed by atoms with Crippen molar-refractivity contribution in [3.05, 3.63) is 76.7 Å². The first-order valence-electron chi connectivity index (χ1n) is 15.6. The van der Waals surface area contributed by atoms with Crippen LogP contribution >= 0.6 is 11.3 Å². The van der Waals surface area contributed by atoms with Crippen molar-refractivity contribution in [2.24, 2.45) is 11.8 Å². The van der Waals surface area contributed by atoms with Crippen LogP contribution in [0, 0.1) is 30.4 Å². The number of hydrogen-bond donors (Lipinski definition) is 0. The maximum atomic E-state index is 14.1. The van der Waals surface area contributed by atoms with Gasteiger partial charge in [-0.15, -0.1) is 21.5 Å². The second kappa shape index (κ2) is 12.2. The zero-order valence-electron chi connectivity index (χ0n) is 25.8. The Hall–Kier alpha value is -3.61. The maximum Gasteiger partial charge on any atom is 0.250 e. The van der Waals surface area contributed by atoms with Crippen molar-refractivity contribution < 1.29 is 26.4 Å². The lowest BCUT2D eigenvalue weighted by Gasteiger charge is -2.23. The van der Waals surface area contributed by atoms with Crippen LogP contribution in [0.4, 0.5) is 8.78 Å². The Morgan fingerprint density at radius 2 is 1.83 bits per heavy atom. The minimum Gasteiger partial charge on any atom is -0.421 e. The van der Waals surface area contributed by atoms with Gasteiger partial charge in [0.2, 0.25) is 11.8 Å². The van der Waals surface area contributed by atoms with Crippen LogP contribution in [0.1, 0.15) is 67.6 Å². The Morgan fingerprint density at radius 1 is 1.02 bits per heavy atom. The normalized spacial score (nSPS) is 18.1. The molecule has 46 heavy (non-hydrogen) atoms. The van der Waals surface area contributed by atoms with Gasteiger partial charge in [-0.2, -0.15) is 0 Å². The van der Waals surface area contributed by atoms with E-state index >= 15 is 0 Å². The van der Waals surface area contributed by atoms with Gasteiger partial charge < -0.3 is 9.15 Å². The fraction of sp³-hybridized carbons (Fsp3) is 0.412. The van der Waals surface area contributed by atoms with Crippen LogP contribution in [0.2, 0.25) is 0 Å². The van der Waals surface area contributed by atoms with Gasteiger partial charge in [0.05, 0.1) is 38.0 Å². The predicted molar refractivity (Wildman–Crippen MR) is 172 cm³/mol. The summed E-state index contributed by atoms with van der Waals surface area (Å²) in [7, 11) is -3.71. The predicted octanol–water partition coefficient (Wildman–Crippen LogP) is 7.47. The van der Waals surface area contributed by atoms with Crippen molar-refractivity contribution in [1.29, 1.82) is 0 Å². The average molecular weight is 665 g/mol. The highest BCUT2D eigenvalue weighted by Crippen LogP contribution is 2.50. The summed E-state index contributed by atoms with van der Waals surface area (Å²) >= 11 is 1.42. The number of thiophene rings is 1. The number of pyridine rings is 2. The summed E-state index contributed by atoms with van der Waals surface area (Å²) in [5.74, 6) is -0.939. The van der Waals surface area contributed by atoms with Crippen LogP contribution in [0.3, 0.4) is 0 Å². The first-order chi connectivity index (χ1) is 22.1. The number of ether oxygens (including phenoxy) is 1. The molecule has 1 saturated heterocycles. The molecule has 12 heteroatoms. The highest BCUT2D eigenvalue weighted by atomic mass is 32.2. The fourth-order valence-corrected chi connectivity index (χ4v) is 10.1. The number of benzene rings is 1. The molecule has 4 aromatic heterocycles. The van der Waals surface area contributed by atoms with Crippen molar-refractivity contribution in [3.63, 3.8) is 0 Å². The van der Waals surface area contributed by atoms with E-state index in [1.807, 2.05) is 26.0 Å². The lowest BCUT2D eigenvalue weighted by molar-refractivity contribution is 0.0639. The molecule has 0 unspecified atom stereocenters. The van der Waals surface area contributed by atoms with Crippen LogP contribution in [-0.2, 0) is 27.4 Å². The van der Waals surface area contributed by atoms with Gasteiger partial charge in [0, 0.05) is 49.1 Å². The zero-order chi connectivity index (χ0) is 32.2. The average Bonchev–Trinajstić information content (AvgIpc) is 3.73. The molecule has 8 nitrogen and oxygen atoms in total. The summed E-state index contributed by atoms with van der Waals surface area (Å²) in [6.45, 7) is 7.24. The third kappa shape index (κ3) is 5.75. The number of nitrogens with zero attached hydrogens (tertiary/aromatic N) is 4. The summed E-state index contributed by atoms with van der Waals surface area (Å²) in [6.07, 6.45) is 5.41. The smallest absolute Gasteiger partial charge is 0.250 e. The first-order valence-corrected chi connectivity index (χ1v) is 18.1. The third-order valence-electron chi connectivity index (χ3n) is 9.10. The van der Waals surface area contributed by atoms with Gasteiger partial charge in [0.25, 0.3) is 0 Å². The molecule has 1 fully saturated rings. The summed E-state index contributed by atoms with van der Waals surface area (Å²) in [5, 5.41) is 9.35. The summed E-state index contributed by atoms with van der Waals surface area (Å²) in [6, 6.07) is 7.68. The maximum absolute atomic E-state index is 14.1. The Morgan fingerprint density at radius 3 is 2.54 bits per heavy atom. The topological polar surface area (TPSA) is 108 Å². The number of hydrogen-bond acceptors (Lipinski definition) is 9. The molecule has 0 bridgehead atoms. The van der Waals surface area contributed by atoms with Crippen LogP contribution in [0.15, 0.2) is 45.8 Å². The monoisotopic (exact) mass is 664 g/mol. The molecule has 0 N–H and O–H groups in total. The van der Waals surface area contributed by atoms with Crippen LogP contribution in [-0.4, -0.2) is 47.5 Å². The summed E-state index contributed by atoms with van der Waals surface area (Å²) < 4.78 is 68.2. The molecule has 240 valence electrons. The fourth-order valence-electron chi connectivity index (χ4n) is 6.64. The molecule has 1 aromatic carbocycles. The van der Waals surface area contributed by atoms with E-state index in [1.165, 1.54) is 17.4 Å². The number of sulfone groups is 1. The number of aromatic nitrogens is 4. The first kappa shape index (κ1) is 31.0. The molecule has 6 heterocycles. The van der Waals surface area contributed by atoms with Gasteiger partial charge in [0.1, 0.15) is 0 Å². The van der Waals surface area contributed by atoms with Gasteiger partial charge in [-0.25, -0.2) is 17.2 Å². The zero-order valence-corrected chi connectivity index (χ0v) is 27.5. The third-order valence-corrected chi connectivity index (χ3v) is 12.1. The molecule has 0 radical (unpaired) electrons. The highest BCUT2D eigenvalue weighted by molar-refractivity contribution is 7.92. The van der Waals surface area contributed by atoms with Crippen LogP contribution in [0.25, 0.3) is 32.0 Å². The van der Waals surface area contributed by atoms with Crippen molar-refractivity contribution in [2.45, 2.75) is 63.7 Å². The van der Waals surface area contributed by atoms with Gasteiger partial charge in [-0.05, 0) is 72.7 Å². The van der Waals surface area contributed by atoms with Crippen molar-refractivity contribution in [2.75, 3.05) is 19.0 Å². The van der Waals surface area contributed by atoms with Gasteiger partial charge in [-0.1, -0.05) is 19.9 Å². The van der Waals surface area contributed by atoms with Crippen molar-refractivity contribution in [1.82, 2.24) is 20.2 Å². The van der Waals surface area contributed by atoms with Crippen molar-refractivity contribution in [3.8, 4) is 21.9 Å². The van der Waals surface area contributed by atoms with Gasteiger partial charge >= 0.3 is 0 Å². The lowest BCUT2D eigenvalue weighted by Crippen LogP contribution is -2.17. The van der Waals surface area contributed by atoms with E-state index in [2.05, 4.69) is 15.2 Å². The molecule has 0 amide bonds. The minimum absolute atomic E-state index is 0.0143. The largest absolute Gasteiger partial charge is 0.421 e. The minimum atomic E-state index is -3.71. The number of halogens is 2. The second-order valence-corrected chi connectivity index (χ2v) is 15.6. The SMILES string of the molecule is Cc1nnc(-c2c(CCC3CCOCC3)nc3c(c2-c2cc4ccnc(Cc5ccc(F)c(F)c5)c4s2)S(=O)(=O)C[C@@H]3C(C)C)o1. The van der Waals surface area contributed by atoms with E-state index in [9.17, 15) is 17.2 Å². The van der Waals surface area contributed by atoms with Gasteiger partial charge in [-0.3, -0.25) is 9.97 Å². The van der Waals surface area contributed by atoms with E-state index in [0.717, 1.165) is 59.2 Å². The Labute approximate surface area is 270 Å². The Balaban J connectivity index is 1.44. The molecule has 2 aliphatic rings. The highest BCUT2D eigenvalue weighted by Gasteiger charge is 2.43. The molecule has 5 aromatic rings. The number of aryl methyl sites for hydroxylation is 2. The molecule has 0 saturated carbocycles. The van der Waals surface area contributed by atoms with Crippen LogP contribution in [0.5, 0.6) is 0 Å². The van der Waals surface area contributed by atoms with Crippen molar-refractivity contribution >= 4 is 31.3 Å². The van der Waals surface area contributed by atoms with E-state index in [-0.39, 0.29) is 34.8 Å². The molecule has 2 aliphatic heterocycles. The van der Waals surface area contributed by atoms with E-state index in [1.54, 1.807) is 19.2 Å². The summed E-state index contributed by atoms with van der Waals surface area (Å²) in [4.78, 5) is 10.7. The van der Waals surface area contributed by atoms with Crippen LogP contribution < -0.4 is 0 Å². The molecular weight excluding hydrogens is 631 g/mol. The standard InChI is InChI=1S/C34H34F2N4O4S2/c1-18(2)23-17-46(41,42)33-30(28-16-22-8-11-37-27(32(22)45-28)15-21-4-6-24(35)25(36)14-21)29(34-40-39-19(3)44-34)26(38-31(23)33)7-5-20-9-12-43-13-10-20/h4,6,8,11,14,16,18,20,23H,5,7,9-10,12-13,15,17H2,1-3H3/t23-/m1/s1. The Bertz CT molecular complexity index is 2050. The lowest BCUT2D eigenvalue weighted by atomic mass is 9.89. The van der Waals surface area contributed by atoms with Gasteiger partial charge in [0.15, 0.2) is 21.5 Å². The molecule has 1 atom stereocenters. The number of rotatable bonds is 8. The second-order valence-electron chi connectivity index (χ2n) is 12.6.